The SMILES string of the molecule is Cc1ccc(CSc2nc3c(c(=O)[nH]2)[C@H](c2ccncc2)C2=C(CC(C)(C)CC2=O)N3)cc1. The van der Waals surface area contributed by atoms with Gasteiger partial charge in [-0.3, -0.25) is 14.6 Å². The van der Waals surface area contributed by atoms with Crippen molar-refractivity contribution in [3.63, 3.8) is 0 Å². The van der Waals surface area contributed by atoms with Crippen molar-refractivity contribution >= 4 is 23.4 Å². The number of allylic oxidation sites excluding steroid dienone is 2. The normalized spacial score (nSPS) is 19.0. The Labute approximate surface area is 197 Å². The summed E-state index contributed by atoms with van der Waals surface area (Å²) in [5, 5.41) is 3.93. The third kappa shape index (κ3) is 4.25. The van der Waals surface area contributed by atoms with Crippen LogP contribution in [0.15, 0.2) is 70.0 Å². The summed E-state index contributed by atoms with van der Waals surface area (Å²) >= 11 is 1.49. The minimum absolute atomic E-state index is 0.0819. The van der Waals surface area contributed by atoms with E-state index in [1.165, 1.54) is 22.9 Å². The van der Waals surface area contributed by atoms with Gasteiger partial charge in [0.05, 0.1) is 5.56 Å². The third-order valence-electron chi connectivity index (χ3n) is 6.24. The summed E-state index contributed by atoms with van der Waals surface area (Å²) < 4.78 is 0. The van der Waals surface area contributed by atoms with Crippen LogP contribution in [0.3, 0.4) is 0 Å². The Morgan fingerprint density at radius 1 is 1.06 bits per heavy atom. The zero-order chi connectivity index (χ0) is 23.2. The first-order chi connectivity index (χ1) is 15.8. The van der Waals surface area contributed by atoms with Gasteiger partial charge >= 0.3 is 0 Å². The Morgan fingerprint density at radius 3 is 2.52 bits per heavy atom. The molecule has 1 aromatic carbocycles. The molecule has 1 atom stereocenters. The number of fused-ring (bicyclic) bond motifs is 1. The molecule has 3 aromatic rings. The quantitative estimate of drug-likeness (QED) is 0.424. The Balaban J connectivity index is 1.56. The average Bonchev–Trinajstić information content (AvgIpc) is 2.77. The van der Waals surface area contributed by atoms with Crippen LogP contribution in [-0.2, 0) is 10.5 Å². The molecule has 2 N–H and O–H groups in total. The number of nitrogens with one attached hydrogen (secondary N) is 2. The first kappa shape index (κ1) is 21.6. The maximum Gasteiger partial charge on any atom is 0.257 e. The maximum absolute atomic E-state index is 13.3. The number of anilines is 1. The number of nitrogens with zero attached hydrogens (tertiary/aromatic N) is 2. The fraction of sp³-hybridized carbons (Fsp3) is 0.308. The number of hydrogen-bond acceptors (Lipinski definition) is 6. The summed E-state index contributed by atoms with van der Waals surface area (Å²) in [6.45, 7) is 6.26. The number of thioether (sulfide) groups is 1. The highest BCUT2D eigenvalue weighted by atomic mass is 32.2. The van der Waals surface area contributed by atoms with E-state index in [4.69, 9.17) is 4.98 Å². The minimum Gasteiger partial charge on any atom is -0.343 e. The summed E-state index contributed by atoms with van der Waals surface area (Å²) in [6.07, 6.45) is 4.58. The highest BCUT2D eigenvalue weighted by Gasteiger charge is 2.42. The molecule has 2 aliphatic rings. The molecule has 5 rings (SSSR count). The molecule has 1 aliphatic carbocycles. The molecule has 3 heterocycles. The molecule has 0 saturated carbocycles. The van der Waals surface area contributed by atoms with E-state index in [1.54, 1.807) is 12.4 Å². The van der Waals surface area contributed by atoms with Crippen molar-refractivity contribution in [2.45, 2.75) is 50.4 Å². The van der Waals surface area contributed by atoms with Crippen LogP contribution in [0.25, 0.3) is 0 Å². The van der Waals surface area contributed by atoms with Crippen LogP contribution in [0.5, 0.6) is 0 Å². The molecule has 0 spiro atoms. The maximum atomic E-state index is 13.3. The Bertz CT molecular complexity index is 1310. The lowest BCUT2D eigenvalue weighted by molar-refractivity contribution is -0.118. The number of rotatable bonds is 4. The number of carbonyl (C=O) groups is 1. The molecule has 0 unspecified atom stereocenters. The van der Waals surface area contributed by atoms with Crippen LogP contribution in [0, 0.1) is 12.3 Å². The summed E-state index contributed by atoms with van der Waals surface area (Å²) in [6, 6.07) is 12.1. The van der Waals surface area contributed by atoms with E-state index in [-0.39, 0.29) is 16.8 Å². The Hall–Kier alpha value is -3.19. The van der Waals surface area contributed by atoms with Crippen molar-refractivity contribution in [2.75, 3.05) is 5.32 Å². The molecule has 168 valence electrons. The van der Waals surface area contributed by atoms with Crippen LogP contribution in [-0.4, -0.2) is 20.7 Å². The van der Waals surface area contributed by atoms with E-state index in [9.17, 15) is 9.59 Å². The number of Topliss-reactive ketones (excluding diaryl/α,β-unsaturated/α-hetero) is 1. The van der Waals surface area contributed by atoms with Crippen molar-refractivity contribution in [1.29, 1.82) is 0 Å². The molecule has 0 bridgehead atoms. The van der Waals surface area contributed by atoms with Crippen LogP contribution in [0.1, 0.15) is 54.9 Å². The predicted molar refractivity (Wildman–Crippen MR) is 130 cm³/mol. The van der Waals surface area contributed by atoms with Crippen LogP contribution < -0.4 is 10.9 Å². The predicted octanol–water partition coefficient (Wildman–Crippen LogP) is 4.97. The van der Waals surface area contributed by atoms with Gasteiger partial charge in [-0.2, -0.15) is 0 Å². The summed E-state index contributed by atoms with van der Waals surface area (Å²) in [7, 11) is 0. The number of hydrogen-bond donors (Lipinski definition) is 2. The lowest BCUT2D eigenvalue weighted by Crippen LogP contribution is -2.37. The summed E-state index contributed by atoms with van der Waals surface area (Å²) in [4.78, 5) is 38.4. The molecule has 0 fully saturated rings. The first-order valence-corrected chi connectivity index (χ1v) is 12.0. The van der Waals surface area contributed by atoms with E-state index in [1.807, 2.05) is 12.1 Å². The van der Waals surface area contributed by atoms with E-state index < -0.39 is 5.92 Å². The van der Waals surface area contributed by atoms with Gasteiger partial charge < -0.3 is 10.3 Å². The fourth-order valence-electron chi connectivity index (χ4n) is 4.69. The fourth-order valence-corrected chi connectivity index (χ4v) is 5.50. The number of aryl methyl sites for hydroxylation is 1. The van der Waals surface area contributed by atoms with Gasteiger partial charge in [-0.1, -0.05) is 55.4 Å². The zero-order valence-corrected chi connectivity index (χ0v) is 19.8. The molecule has 0 amide bonds. The highest BCUT2D eigenvalue weighted by Crippen LogP contribution is 2.47. The topological polar surface area (TPSA) is 87.7 Å². The summed E-state index contributed by atoms with van der Waals surface area (Å²) in [5.41, 5.74) is 4.94. The van der Waals surface area contributed by atoms with E-state index in [2.05, 4.69) is 60.3 Å². The van der Waals surface area contributed by atoms with Crippen molar-refractivity contribution in [1.82, 2.24) is 15.0 Å². The second-order valence-corrected chi connectivity index (χ2v) is 10.5. The number of ketones is 1. The Kier molecular flexibility index (Phi) is 5.44. The number of benzene rings is 1. The zero-order valence-electron chi connectivity index (χ0n) is 18.9. The third-order valence-corrected chi connectivity index (χ3v) is 7.18. The van der Waals surface area contributed by atoms with Crippen molar-refractivity contribution in [3.05, 3.63) is 92.7 Å². The largest absolute Gasteiger partial charge is 0.343 e. The molecule has 2 aromatic heterocycles. The standard InChI is InChI=1S/C26H26N4O2S/c1-15-4-6-16(7-5-15)14-33-25-29-23-22(24(32)30-25)20(17-8-10-27-11-9-17)21-18(28-23)12-26(2,3)13-19(21)31/h4-11,20H,12-14H2,1-3H3,(H2,28,29,30,32)/t20-/m1/s1. The molecule has 0 saturated heterocycles. The van der Waals surface area contributed by atoms with Gasteiger partial charge in [0.25, 0.3) is 5.56 Å². The number of aromatic amines is 1. The molecule has 0 radical (unpaired) electrons. The minimum atomic E-state index is -0.449. The molecular weight excluding hydrogens is 432 g/mol. The smallest absolute Gasteiger partial charge is 0.257 e. The van der Waals surface area contributed by atoms with Gasteiger partial charge in [0.2, 0.25) is 0 Å². The molecular formula is C26H26N4O2S. The number of H-pyrrole nitrogens is 1. The van der Waals surface area contributed by atoms with E-state index in [0.29, 0.717) is 34.3 Å². The lowest BCUT2D eigenvalue weighted by Gasteiger charge is -2.38. The van der Waals surface area contributed by atoms with Crippen molar-refractivity contribution in [2.24, 2.45) is 5.41 Å². The molecule has 6 nitrogen and oxygen atoms in total. The van der Waals surface area contributed by atoms with E-state index >= 15 is 0 Å². The Morgan fingerprint density at radius 2 is 1.79 bits per heavy atom. The number of pyridine rings is 1. The lowest BCUT2D eigenvalue weighted by atomic mass is 9.69. The van der Waals surface area contributed by atoms with Gasteiger partial charge in [-0.25, -0.2) is 4.98 Å². The molecule has 33 heavy (non-hydrogen) atoms. The van der Waals surface area contributed by atoms with Gasteiger partial charge in [-0.05, 0) is 42.0 Å². The van der Waals surface area contributed by atoms with Gasteiger partial charge in [-0.15, -0.1) is 0 Å². The average molecular weight is 459 g/mol. The number of carbonyl (C=O) groups excluding carboxylic acids is 1. The van der Waals surface area contributed by atoms with E-state index in [0.717, 1.165) is 17.7 Å². The highest BCUT2D eigenvalue weighted by molar-refractivity contribution is 7.98. The first-order valence-electron chi connectivity index (χ1n) is 11.1. The van der Waals surface area contributed by atoms with Crippen LogP contribution >= 0.6 is 11.8 Å². The van der Waals surface area contributed by atoms with Gasteiger partial charge in [0.15, 0.2) is 10.9 Å². The van der Waals surface area contributed by atoms with Crippen LogP contribution in [0.4, 0.5) is 5.82 Å². The number of aromatic nitrogens is 3. The molecule has 1 aliphatic heterocycles. The summed E-state index contributed by atoms with van der Waals surface area (Å²) in [5.74, 6) is 0.875. The second-order valence-electron chi connectivity index (χ2n) is 9.58. The van der Waals surface area contributed by atoms with Crippen LogP contribution in [0.2, 0.25) is 0 Å². The van der Waals surface area contributed by atoms with Crippen molar-refractivity contribution < 1.29 is 4.79 Å². The van der Waals surface area contributed by atoms with Gasteiger partial charge in [0.1, 0.15) is 5.82 Å². The monoisotopic (exact) mass is 458 g/mol. The van der Waals surface area contributed by atoms with Crippen molar-refractivity contribution in [3.8, 4) is 0 Å². The molecule has 7 heteroatoms. The second kappa shape index (κ2) is 8.30. The van der Waals surface area contributed by atoms with Gasteiger partial charge in [0, 0.05) is 41.8 Å².